The molecule has 0 bridgehead atoms. The van der Waals surface area contributed by atoms with Crippen LogP contribution in [0.25, 0.3) is 0 Å². The Balaban J connectivity index is 1.40. The molecule has 144 valence electrons. The zero-order valence-electron chi connectivity index (χ0n) is 15.5. The van der Waals surface area contributed by atoms with Gasteiger partial charge >= 0.3 is 0 Å². The van der Waals surface area contributed by atoms with Crippen molar-refractivity contribution >= 4 is 23.6 Å². The molecule has 1 aliphatic heterocycles. The summed E-state index contributed by atoms with van der Waals surface area (Å²) in [5.74, 6) is -1.24. The largest absolute Gasteiger partial charge is 0.354 e. The molecule has 2 N–H and O–H groups in total. The van der Waals surface area contributed by atoms with Crippen molar-refractivity contribution < 1.29 is 19.2 Å². The molecule has 7 nitrogen and oxygen atoms in total. The van der Waals surface area contributed by atoms with Gasteiger partial charge in [0.05, 0.1) is 11.1 Å². The third kappa shape index (κ3) is 4.09. The van der Waals surface area contributed by atoms with Crippen LogP contribution in [-0.2, 0) is 4.79 Å². The van der Waals surface area contributed by atoms with Crippen LogP contribution in [0.15, 0.2) is 48.5 Å². The first-order valence-electron chi connectivity index (χ1n) is 9.05. The van der Waals surface area contributed by atoms with Gasteiger partial charge in [0.15, 0.2) is 0 Å². The Hall–Kier alpha value is -3.48. The van der Waals surface area contributed by atoms with Crippen LogP contribution in [0.3, 0.4) is 0 Å². The third-order valence-electron chi connectivity index (χ3n) is 4.56. The highest BCUT2D eigenvalue weighted by atomic mass is 16.2. The lowest BCUT2D eigenvalue weighted by Gasteiger charge is -2.13. The molecule has 28 heavy (non-hydrogen) atoms. The number of hydrogen-bond acceptors (Lipinski definition) is 4. The maximum Gasteiger partial charge on any atom is 0.261 e. The molecule has 0 aromatic heterocycles. The zero-order valence-corrected chi connectivity index (χ0v) is 15.5. The van der Waals surface area contributed by atoms with Crippen LogP contribution < -0.4 is 10.6 Å². The van der Waals surface area contributed by atoms with E-state index in [-0.39, 0.29) is 49.7 Å². The van der Waals surface area contributed by atoms with E-state index in [2.05, 4.69) is 10.6 Å². The first-order valence-corrected chi connectivity index (χ1v) is 9.05. The molecule has 0 fully saturated rings. The van der Waals surface area contributed by atoms with Crippen LogP contribution in [0.2, 0.25) is 0 Å². The van der Waals surface area contributed by atoms with Crippen molar-refractivity contribution in [1.82, 2.24) is 15.5 Å². The molecular weight excluding hydrogens is 358 g/mol. The summed E-state index contributed by atoms with van der Waals surface area (Å²) in [5.41, 5.74) is 2.21. The molecule has 0 saturated carbocycles. The fraction of sp³-hybridized carbons (Fsp3) is 0.238. The van der Waals surface area contributed by atoms with Gasteiger partial charge in [0.25, 0.3) is 17.7 Å². The van der Waals surface area contributed by atoms with Gasteiger partial charge in [0.2, 0.25) is 5.91 Å². The topological polar surface area (TPSA) is 95.6 Å². The Morgan fingerprint density at radius 3 is 2.07 bits per heavy atom. The number of hydrogen-bond donors (Lipinski definition) is 2. The lowest BCUT2D eigenvalue weighted by Crippen LogP contribution is -2.37. The minimum Gasteiger partial charge on any atom is -0.354 e. The average Bonchev–Trinajstić information content (AvgIpc) is 2.94. The van der Waals surface area contributed by atoms with Crippen molar-refractivity contribution in [2.24, 2.45) is 0 Å². The number of fused-ring (bicyclic) bond motifs is 1. The van der Waals surface area contributed by atoms with Gasteiger partial charge in [-0.1, -0.05) is 30.3 Å². The van der Waals surface area contributed by atoms with Crippen molar-refractivity contribution in [3.8, 4) is 0 Å². The highest BCUT2D eigenvalue weighted by Gasteiger charge is 2.34. The number of benzene rings is 2. The van der Waals surface area contributed by atoms with E-state index >= 15 is 0 Å². The van der Waals surface area contributed by atoms with E-state index in [1.54, 1.807) is 36.4 Å². The standard InChI is InChI=1S/C21H21N3O4/c1-14-6-2-3-7-15(14)19(26)23-12-11-22-18(25)10-13-24-20(27)16-8-4-5-9-17(16)21(24)28/h2-9H,10-13H2,1H3,(H,22,25)(H,23,26). The van der Waals surface area contributed by atoms with Crippen LogP contribution in [0, 0.1) is 6.92 Å². The normalized spacial score (nSPS) is 12.7. The maximum absolute atomic E-state index is 12.2. The Morgan fingerprint density at radius 2 is 1.43 bits per heavy atom. The van der Waals surface area contributed by atoms with Crippen LogP contribution >= 0.6 is 0 Å². The van der Waals surface area contributed by atoms with E-state index in [1.165, 1.54) is 0 Å². The Bertz CT molecular complexity index is 904. The molecule has 0 unspecified atom stereocenters. The fourth-order valence-corrected chi connectivity index (χ4v) is 3.04. The van der Waals surface area contributed by atoms with E-state index in [9.17, 15) is 19.2 Å². The molecular formula is C21H21N3O4. The number of rotatable bonds is 7. The molecule has 0 radical (unpaired) electrons. The number of nitrogens with one attached hydrogen (secondary N) is 2. The average molecular weight is 379 g/mol. The predicted molar refractivity (Wildman–Crippen MR) is 103 cm³/mol. The van der Waals surface area contributed by atoms with Gasteiger partial charge in [-0.05, 0) is 30.7 Å². The SMILES string of the molecule is Cc1ccccc1C(=O)NCCNC(=O)CCN1C(=O)c2ccccc2C1=O. The quantitative estimate of drug-likeness (QED) is 0.563. The second-order valence-electron chi connectivity index (χ2n) is 6.48. The molecule has 2 aromatic rings. The van der Waals surface area contributed by atoms with Gasteiger partial charge in [-0.25, -0.2) is 0 Å². The predicted octanol–water partition coefficient (Wildman–Crippen LogP) is 1.53. The molecule has 4 amide bonds. The van der Waals surface area contributed by atoms with E-state index in [0.29, 0.717) is 16.7 Å². The Morgan fingerprint density at radius 1 is 0.857 bits per heavy atom. The fourth-order valence-electron chi connectivity index (χ4n) is 3.04. The summed E-state index contributed by atoms with van der Waals surface area (Å²) >= 11 is 0. The van der Waals surface area contributed by atoms with Gasteiger partial charge in [-0.15, -0.1) is 0 Å². The number of carbonyl (C=O) groups excluding carboxylic acids is 4. The number of nitrogens with zero attached hydrogens (tertiary/aromatic N) is 1. The molecule has 0 saturated heterocycles. The first kappa shape index (κ1) is 19.3. The molecule has 0 atom stereocenters. The van der Waals surface area contributed by atoms with E-state index in [1.807, 2.05) is 19.1 Å². The molecule has 0 aliphatic carbocycles. The van der Waals surface area contributed by atoms with Gasteiger partial charge in [0.1, 0.15) is 0 Å². The second kappa shape index (κ2) is 8.47. The Kier molecular flexibility index (Phi) is 5.84. The van der Waals surface area contributed by atoms with Crippen molar-refractivity contribution in [2.45, 2.75) is 13.3 Å². The van der Waals surface area contributed by atoms with Gasteiger partial charge in [-0.3, -0.25) is 24.1 Å². The van der Waals surface area contributed by atoms with E-state index < -0.39 is 0 Å². The van der Waals surface area contributed by atoms with E-state index in [0.717, 1.165) is 10.5 Å². The van der Waals surface area contributed by atoms with Crippen LogP contribution in [-0.4, -0.2) is 48.2 Å². The van der Waals surface area contributed by atoms with Crippen molar-refractivity contribution in [2.75, 3.05) is 19.6 Å². The van der Waals surface area contributed by atoms with E-state index in [4.69, 9.17) is 0 Å². The third-order valence-corrected chi connectivity index (χ3v) is 4.56. The summed E-state index contributed by atoms with van der Waals surface area (Å²) in [6, 6.07) is 13.9. The second-order valence-corrected chi connectivity index (χ2v) is 6.48. The summed E-state index contributed by atoms with van der Waals surface area (Å²) in [4.78, 5) is 49.6. The lowest BCUT2D eigenvalue weighted by atomic mass is 10.1. The monoisotopic (exact) mass is 379 g/mol. The maximum atomic E-state index is 12.2. The number of amides is 4. The van der Waals surface area contributed by atoms with Crippen LogP contribution in [0.5, 0.6) is 0 Å². The van der Waals surface area contributed by atoms with Crippen LogP contribution in [0.1, 0.15) is 43.1 Å². The first-order chi connectivity index (χ1) is 13.5. The van der Waals surface area contributed by atoms with Crippen molar-refractivity contribution in [1.29, 1.82) is 0 Å². The van der Waals surface area contributed by atoms with Gasteiger partial charge in [-0.2, -0.15) is 0 Å². The highest BCUT2D eigenvalue weighted by Crippen LogP contribution is 2.22. The summed E-state index contributed by atoms with van der Waals surface area (Å²) in [7, 11) is 0. The number of imide groups is 1. The molecule has 0 spiro atoms. The zero-order chi connectivity index (χ0) is 20.1. The lowest BCUT2D eigenvalue weighted by molar-refractivity contribution is -0.121. The molecule has 1 heterocycles. The van der Waals surface area contributed by atoms with Crippen molar-refractivity contribution in [3.63, 3.8) is 0 Å². The molecule has 2 aromatic carbocycles. The summed E-state index contributed by atoms with van der Waals surface area (Å²) in [6.07, 6.45) is 0.0111. The number of aryl methyl sites for hydroxylation is 1. The summed E-state index contributed by atoms with van der Waals surface area (Å²) in [6.45, 7) is 2.42. The summed E-state index contributed by atoms with van der Waals surface area (Å²) < 4.78 is 0. The Labute approximate surface area is 162 Å². The minimum absolute atomic E-state index is 0.0111. The molecule has 3 rings (SSSR count). The number of carbonyl (C=O) groups is 4. The van der Waals surface area contributed by atoms with Gasteiger partial charge in [0, 0.05) is 31.6 Å². The smallest absolute Gasteiger partial charge is 0.261 e. The minimum atomic E-state index is -0.376. The van der Waals surface area contributed by atoms with Gasteiger partial charge < -0.3 is 10.6 Å². The summed E-state index contributed by atoms with van der Waals surface area (Å²) in [5, 5.41) is 5.42. The van der Waals surface area contributed by atoms with Crippen molar-refractivity contribution in [3.05, 3.63) is 70.8 Å². The highest BCUT2D eigenvalue weighted by molar-refractivity contribution is 6.21. The molecule has 1 aliphatic rings. The molecule has 7 heteroatoms. The van der Waals surface area contributed by atoms with Crippen LogP contribution in [0.4, 0.5) is 0 Å².